The van der Waals surface area contributed by atoms with Crippen LogP contribution in [0.25, 0.3) is 11.1 Å². The first kappa shape index (κ1) is 23.3. The number of pyridine rings is 2. The molecule has 172 valence electrons. The van der Waals surface area contributed by atoms with Crippen LogP contribution in [0.4, 0.5) is 18.9 Å². The van der Waals surface area contributed by atoms with Crippen LogP contribution in [0, 0.1) is 0 Å². The number of benzene rings is 1. The highest BCUT2D eigenvalue weighted by Crippen LogP contribution is 2.31. The number of carbonyl (C=O) groups excluding carboxylic acids is 1. The minimum Gasteiger partial charge on any atom is -0.485 e. The topological polar surface area (TPSA) is 131 Å². The van der Waals surface area contributed by atoms with Gasteiger partial charge in [0.15, 0.2) is 11.5 Å². The normalized spacial score (nSPS) is 14.5. The number of aromatic nitrogens is 2. The molecule has 1 atom stereocenters. The van der Waals surface area contributed by atoms with Crippen LogP contribution in [-0.2, 0) is 9.59 Å². The van der Waals surface area contributed by atoms with E-state index in [1.54, 1.807) is 42.9 Å². The highest BCUT2D eigenvalue weighted by atomic mass is 19.4. The Labute approximate surface area is 183 Å². The van der Waals surface area contributed by atoms with Gasteiger partial charge in [-0.05, 0) is 35.9 Å². The Kier molecular flexibility index (Phi) is 6.96. The summed E-state index contributed by atoms with van der Waals surface area (Å²) in [6.07, 6.45) is -1.02. The Morgan fingerprint density at radius 3 is 2.36 bits per heavy atom. The number of carboxylic acids is 1. The molecule has 0 aliphatic carbocycles. The molecule has 12 heteroatoms. The van der Waals surface area contributed by atoms with Gasteiger partial charge in [-0.2, -0.15) is 13.2 Å². The van der Waals surface area contributed by atoms with Gasteiger partial charge in [0.05, 0.1) is 0 Å². The van der Waals surface area contributed by atoms with Crippen LogP contribution >= 0.6 is 0 Å². The molecule has 1 amide bonds. The van der Waals surface area contributed by atoms with E-state index in [9.17, 15) is 22.8 Å². The van der Waals surface area contributed by atoms with Crippen LogP contribution < -0.4 is 20.3 Å². The Morgan fingerprint density at radius 2 is 1.73 bits per heavy atom. The number of halogens is 3. The number of nitrogens with zero attached hydrogens (tertiary/aromatic N) is 1. The van der Waals surface area contributed by atoms with E-state index in [1.165, 1.54) is 0 Å². The van der Waals surface area contributed by atoms with Gasteiger partial charge in [0.25, 0.3) is 11.5 Å². The molecule has 3 aromatic rings. The predicted octanol–water partition coefficient (Wildman–Crippen LogP) is 2.85. The van der Waals surface area contributed by atoms with Crippen LogP contribution in [-0.4, -0.2) is 45.8 Å². The minimum atomic E-state index is -5.08. The van der Waals surface area contributed by atoms with Crippen molar-refractivity contribution in [3.8, 4) is 22.6 Å². The van der Waals surface area contributed by atoms with Crippen LogP contribution in [0.2, 0.25) is 0 Å². The SMILES string of the molecule is O=C(Nc1cc(-c2ccncc2)c[nH]c1=O)C1COc2ccccc2O1.O=C(O)C(F)(F)F. The third kappa shape index (κ3) is 6.09. The van der Waals surface area contributed by atoms with Crippen LogP contribution in [0.3, 0.4) is 0 Å². The fourth-order valence-corrected chi connectivity index (χ4v) is 2.65. The molecular formula is C21H16F3N3O6. The first-order valence-corrected chi connectivity index (χ1v) is 9.27. The van der Waals surface area contributed by atoms with Crippen molar-refractivity contribution in [3.05, 3.63) is 71.4 Å². The number of para-hydroxylation sites is 2. The van der Waals surface area contributed by atoms with Gasteiger partial charge in [-0.25, -0.2) is 4.79 Å². The second-order valence-corrected chi connectivity index (χ2v) is 6.52. The lowest BCUT2D eigenvalue weighted by molar-refractivity contribution is -0.192. The minimum absolute atomic E-state index is 0.0742. The zero-order chi connectivity index (χ0) is 24.0. The van der Waals surface area contributed by atoms with Gasteiger partial charge in [-0.3, -0.25) is 14.6 Å². The van der Waals surface area contributed by atoms with E-state index in [1.807, 2.05) is 18.2 Å². The van der Waals surface area contributed by atoms with Crippen molar-refractivity contribution in [1.29, 1.82) is 0 Å². The number of alkyl halides is 3. The molecule has 3 N–H and O–H groups in total. The zero-order valence-corrected chi connectivity index (χ0v) is 16.6. The van der Waals surface area contributed by atoms with Crippen molar-refractivity contribution in [2.24, 2.45) is 0 Å². The number of carboxylic acid groups (broad SMARTS) is 1. The molecule has 0 spiro atoms. The Balaban J connectivity index is 0.000000383. The number of aromatic amines is 1. The van der Waals surface area contributed by atoms with E-state index in [-0.39, 0.29) is 12.3 Å². The first-order chi connectivity index (χ1) is 15.6. The molecule has 0 radical (unpaired) electrons. The summed E-state index contributed by atoms with van der Waals surface area (Å²) in [4.78, 5) is 40.1. The number of H-pyrrole nitrogens is 1. The van der Waals surface area contributed by atoms with Gasteiger partial charge in [-0.15, -0.1) is 0 Å². The quantitative estimate of drug-likeness (QED) is 0.545. The maximum Gasteiger partial charge on any atom is 0.490 e. The highest BCUT2D eigenvalue weighted by Gasteiger charge is 2.38. The smallest absolute Gasteiger partial charge is 0.485 e. The van der Waals surface area contributed by atoms with Crippen molar-refractivity contribution < 1.29 is 37.3 Å². The fourth-order valence-electron chi connectivity index (χ4n) is 2.65. The van der Waals surface area contributed by atoms with Crippen LogP contribution in [0.15, 0.2) is 65.8 Å². The number of anilines is 1. The number of aliphatic carboxylic acids is 1. The standard InChI is InChI=1S/C19H15N3O4.C2HF3O2/c23-18-14(9-13(10-21-18)12-5-7-20-8-6-12)22-19(24)17-11-25-15-3-1-2-4-16(15)26-17;3-2(4,5)1(6)7/h1-10,17H,11H2,(H,21,23)(H,22,24);(H,6,7). The second-order valence-electron chi connectivity index (χ2n) is 6.52. The first-order valence-electron chi connectivity index (χ1n) is 9.27. The summed E-state index contributed by atoms with van der Waals surface area (Å²) in [7, 11) is 0. The molecule has 1 aromatic carbocycles. The molecule has 1 unspecified atom stereocenters. The van der Waals surface area contributed by atoms with E-state index >= 15 is 0 Å². The maximum atomic E-state index is 12.5. The van der Waals surface area contributed by atoms with Gasteiger partial charge in [0.1, 0.15) is 12.3 Å². The molecule has 33 heavy (non-hydrogen) atoms. The molecule has 0 saturated heterocycles. The average molecular weight is 463 g/mol. The van der Waals surface area contributed by atoms with Crippen molar-refractivity contribution >= 4 is 17.6 Å². The predicted molar refractivity (Wildman–Crippen MR) is 109 cm³/mol. The lowest BCUT2D eigenvalue weighted by atomic mass is 10.1. The van der Waals surface area contributed by atoms with Crippen molar-refractivity contribution in [1.82, 2.24) is 9.97 Å². The largest absolute Gasteiger partial charge is 0.490 e. The Hall–Kier alpha value is -4.35. The van der Waals surface area contributed by atoms with Crippen molar-refractivity contribution in [3.63, 3.8) is 0 Å². The van der Waals surface area contributed by atoms with E-state index in [2.05, 4.69) is 15.3 Å². The molecule has 4 rings (SSSR count). The molecule has 0 saturated carbocycles. The van der Waals surface area contributed by atoms with Gasteiger partial charge >= 0.3 is 12.1 Å². The molecule has 9 nitrogen and oxygen atoms in total. The van der Waals surface area contributed by atoms with E-state index in [4.69, 9.17) is 19.4 Å². The Bertz CT molecular complexity index is 1200. The number of ether oxygens (including phenoxy) is 2. The summed E-state index contributed by atoms with van der Waals surface area (Å²) >= 11 is 0. The van der Waals surface area contributed by atoms with Gasteiger partial charge < -0.3 is 24.9 Å². The second kappa shape index (κ2) is 9.85. The van der Waals surface area contributed by atoms with Crippen LogP contribution in [0.5, 0.6) is 11.5 Å². The molecule has 3 heterocycles. The number of hydrogen-bond acceptors (Lipinski definition) is 6. The highest BCUT2D eigenvalue weighted by molar-refractivity contribution is 5.95. The number of nitrogens with one attached hydrogen (secondary N) is 2. The lowest BCUT2D eigenvalue weighted by Crippen LogP contribution is -2.41. The number of amides is 1. The number of hydrogen-bond donors (Lipinski definition) is 3. The van der Waals surface area contributed by atoms with E-state index < -0.39 is 29.7 Å². The third-order valence-electron chi connectivity index (χ3n) is 4.22. The van der Waals surface area contributed by atoms with Crippen molar-refractivity contribution in [2.75, 3.05) is 11.9 Å². The van der Waals surface area contributed by atoms with Gasteiger partial charge in [-0.1, -0.05) is 12.1 Å². The molecule has 2 aromatic heterocycles. The number of fused-ring (bicyclic) bond motifs is 1. The van der Waals surface area contributed by atoms with E-state index in [0.717, 1.165) is 11.1 Å². The monoisotopic (exact) mass is 463 g/mol. The molecule has 0 bridgehead atoms. The van der Waals surface area contributed by atoms with Gasteiger partial charge in [0, 0.05) is 24.2 Å². The fraction of sp³-hybridized carbons (Fsp3) is 0.143. The summed E-state index contributed by atoms with van der Waals surface area (Å²) < 4.78 is 42.9. The molecule has 0 fully saturated rings. The zero-order valence-electron chi connectivity index (χ0n) is 16.6. The van der Waals surface area contributed by atoms with Crippen LogP contribution in [0.1, 0.15) is 0 Å². The van der Waals surface area contributed by atoms with E-state index in [0.29, 0.717) is 11.5 Å². The molecule has 1 aliphatic rings. The molecular weight excluding hydrogens is 447 g/mol. The summed E-state index contributed by atoms with van der Waals surface area (Å²) in [5.41, 5.74) is 1.38. The average Bonchev–Trinajstić information content (AvgIpc) is 2.80. The summed E-state index contributed by atoms with van der Waals surface area (Å²) in [5.74, 6) is -2.11. The molecule has 1 aliphatic heterocycles. The third-order valence-corrected chi connectivity index (χ3v) is 4.22. The number of carbonyl (C=O) groups is 2. The number of rotatable bonds is 3. The summed E-state index contributed by atoms with van der Waals surface area (Å²) in [6.45, 7) is 0.0742. The lowest BCUT2D eigenvalue weighted by Gasteiger charge is -2.25. The Morgan fingerprint density at radius 1 is 1.09 bits per heavy atom. The summed E-state index contributed by atoms with van der Waals surface area (Å²) in [5, 5.41) is 9.74. The summed E-state index contributed by atoms with van der Waals surface area (Å²) in [6, 6.07) is 12.4. The van der Waals surface area contributed by atoms with Gasteiger partial charge in [0.2, 0.25) is 6.10 Å². The van der Waals surface area contributed by atoms with Crippen molar-refractivity contribution in [2.45, 2.75) is 12.3 Å². The maximum absolute atomic E-state index is 12.5.